The molecule has 0 aromatic heterocycles. The van der Waals surface area contributed by atoms with Gasteiger partial charge in [0.25, 0.3) is 0 Å². The number of hydrogen-bond acceptors (Lipinski definition) is 2. The van der Waals surface area contributed by atoms with Crippen molar-refractivity contribution in [3.05, 3.63) is 34.9 Å². The second kappa shape index (κ2) is 5.34. The average molecular weight is 270 g/mol. The van der Waals surface area contributed by atoms with Crippen molar-refractivity contribution < 1.29 is 4.74 Å². The van der Waals surface area contributed by atoms with E-state index >= 15 is 0 Å². The van der Waals surface area contributed by atoms with Crippen molar-refractivity contribution in [1.82, 2.24) is 4.90 Å². The van der Waals surface area contributed by atoms with Gasteiger partial charge in [-0.25, -0.2) is 0 Å². The number of hydrogen-bond donors (Lipinski definition) is 0. The van der Waals surface area contributed by atoms with Crippen LogP contribution in [-0.4, -0.2) is 35.2 Å². The van der Waals surface area contributed by atoms with Crippen molar-refractivity contribution in [3.8, 4) is 0 Å². The van der Waals surface area contributed by atoms with E-state index in [9.17, 15) is 0 Å². The topological polar surface area (TPSA) is 12.5 Å². The molecule has 0 N–H and O–H groups in total. The molecule has 2 atom stereocenters. The van der Waals surface area contributed by atoms with E-state index in [1.807, 2.05) is 24.3 Å². The van der Waals surface area contributed by atoms with E-state index in [4.69, 9.17) is 28.6 Å². The lowest BCUT2D eigenvalue weighted by Crippen LogP contribution is -2.47. The van der Waals surface area contributed by atoms with Crippen molar-refractivity contribution in [1.29, 1.82) is 0 Å². The van der Waals surface area contributed by atoms with E-state index in [0.29, 0.717) is 0 Å². The van der Waals surface area contributed by atoms with Gasteiger partial charge >= 0.3 is 0 Å². The van der Waals surface area contributed by atoms with Crippen LogP contribution < -0.4 is 0 Å². The van der Waals surface area contributed by atoms with Gasteiger partial charge in [-0.05, 0) is 26.0 Å². The molecule has 1 heterocycles. The molecular weight excluding hydrogens is 254 g/mol. The number of thiocarbonyl (C=S) groups is 1. The molecule has 0 bridgehead atoms. The van der Waals surface area contributed by atoms with Gasteiger partial charge in [0.2, 0.25) is 0 Å². The van der Waals surface area contributed by atoms with Gasteiger partial charge in [0.05, 0.1) is 12.2 Å². The summed E-state index contributed by atoms with van der Waals surface area (Å²) in [7, 11) is 0. The molecule has 2 rings (SSSR count). The van der Waals surface area contributed by atoms with E-state index < -0.39 is 0 Å². The normalized spacial score (nSPS) is 24.8. The molecular formula is C13H16ClNOS. The maximum Gasteiger partial charge on any atom is 0.109 e. The van der Waals surface area contributed by atoms with Crippen molar-refractivity contribution in [2.24, 2.45) is 0 Å². The van der Waals surface area contributed by atoms with Gasteiger partial charge < -0.3 is 9.64 Å². The van der Waals surface area contributed by atoms with Gasteiger partial charge in [-0.2, -0.15) is 0 Å². The third kappa shape index (κ3) is 3.18. The molecule has 1 aliphatic rings. The van der Waals surface area contributed by atoms with E-state index in [-0.39, 0.29) is 12.2 Å². The fraction of sp³-hybridized carbons (Fsp3) is 0.462. The molecule has 0 radical (unpaired) electrons. The predicted molar refractivity (Wildman–Crippen MR) is 74.7 cm³/mol. The summed E-state index contributed by atoms with van der Waals surface area (Å²) < 4.78 is 5.70. The molecule has 1 aliphatic heterocycles. The minimum Gasteiger partial charge on any atom is -0.372 e. The number of rotatable bonds is 1. The van der Waals surface area contributed by atoms with Crippen molar-refractivity contribution in [2.75, 3.05) is 13.1 Å². The Bertz CT molecular complexity index is 396. The Kier molecular flexibility index (Phi) is 4.02. The lowest BCUT2D eigenvalue weighted by atomic mass is 10.1. The van der Waals surface area contributed by atoms with Gasteiger partial charge in [-0.3, -0.25) is 0 Å². The predicted octanol–water partition coefficient (Wildman–Crippen LogP) is 3.12. The van der Waals surface area contributed by atoms with E-state index in [0.717, 1.165) is 28.7 Å². The van der Waals surface area contributed by atoms with Crippen molar-refractivity contribution >= 4 is 28.8 Å². The molecule has 1 saturated heterocycles. The lowest BCUT2D eigenvalue weighted by molar-refractivity contribution is -0.0472. The molecule has 0 saturated carbocycles. The minimum atomic E-state index is 0.226. The second-order valence-electron chi connectivity index (χ2n) is 4.47. The first kappa shape index (κ1) is 12.8. The van der Waals surface area contributed by atoms with Crippen LogP contribution in [0, 0.1) is 0 Å². The summed E-state index contributed by atoms with van der Waals surface area (Å²) in [6.07, 6.45) is 0.452. The standard InChI is InChI=1S/C13H16ClNOS/c1-9-7-15(8-10(2)16-9)13(17)11-3-5-12(14)6-4-11/h3-6,9-10H,7-8H2,1-2H3/t9-,10-/m0/s1. The first-order valence-corrected chi connectivity index (χ1v) is 6.55. The van der Waals surface area contributed by atoms with Gasteiger partial charge in [-0.1, -0.05) is 36.0 Å². The molecule has 0 amide bonds. The lowest BCUT2D eigenvalue weighted by Gasteiger charge is -2.37. The summed E-state index contributed by atoms with van der Waals surface area (Å²) in [6, 6.07) is 7.68. The Morgan fingerprint density at radius 3 is 2.29 bits per heavy atom. The van der Waals surface area contributed by atoms with Crippen molar-refractivity contribution in [3.63, 3.8) is 0 Å². The molecule has 0 unspecified atom stereocenters. The number of nitrogens with zero attached hydrogens (tertiary/aromatic N) is 1. The van der Waals surface area contributed by atoms with Crippen LogP contribution in [0.1, 0.15) is 19.4 Å². The summed E-state index contributed by atoms with van der Waals surface area (Å²) in [5, 5.41) is 0.736. The zero-order valence-electron chi connectivity index (χ0n) is 10.0. The van der Waals surface area contributed by atoms with E-state index in [2.05, 4.69) is 18.7 Å². The van der Waals surface area contributed by atoms with E-state index in [1.54, 1.807) is 0 Å². The highest BCUT2D eigenvalue weighted by Gasteiger charge is 2.24. The smallest absolute Gasteiger partial charge is 0.109 e. The zero-order valence-corrected chi connectivity index (χ0v) is 11.6. The molecule has 2 nitrogen and oxygen atoms in total. The first-order chi connectivity index (χ1) is 8.06. The van der Waals surface area contributed by atoms with E-state index in [1.165, 1.54) is 0 Å². The third-order valence-electron chi connectivity index (χ3n) is 2.80. The molecule has 4 heteroatoms. The van der Waals surface area contributed by atoms with Crippen molar-refractivity contribution in [2.45, 2.75) is 26.1 Å². The number of ether oxygens (including phenoxy) is 1. The summed E-state index contributed by atoms with van der Waals surface area (Å²) in [6.45, 7) is 5.86. The largest absolute Gasteiger partial charge is 0.372 e. The number of benzene rings is 1. The third-order valence-corrected chi connectivity index (χ3v) is 3.54. The van der Waals surface area contributed by atoms with Gasteiger partial charge in [0, 0.05) is 23.7 Å². The quantitative estimate of drug-likeness (QED) is 0.727. The Hall–Kier alpha value is -0.640. The highest BCUT2D eigenvalue weighted by molar-refractivity contribution is 7.80. The Labute approximate surface area is 113 Å². The molecule has 1 fully saturated rings. The molecule has 17 heavy (non-hydrogen) atoms. The van der Waals surface area contributed by atoms with Gasteiger partial charge in [0.1, 0.15) is 4.99 Å². The fourth-order valence-electron chi connectivity index (χ4n) is 2.12. The highest BCUT2D eigenvalue weighted by atomic mass is 35.5. The van der Waals surface area contributed by atoms with Crippen LogP contribution in [0.4, 0.5) is 0 Å². The van der Waals surface area contributed by atoms with Crippen LogP contribution >= 0.6 is 23.8 Å². The zero-order chi connectivity index (χ0) is 12.4. The van der Waals surface area contributed by atoms with Gasteiger partial charge in [-0.15, -0.1) is 0 Å². The van der Waals surface area contributed by atoms with Gasteiger partial charge in [0.15, 0.2) is 0 Å². The summed E-state index contributed by atoms with van der Waals surface area (Å²) >= 11 is 11.4. The Balaban J connectivity index is 2.11. The van der Waals surface area contributed by atoms with Crippen LogP contribution in [0.15, 0.2) is 24.3 Å². The first-order valence-electron chi connectivity index (χ1n) is 5.76. The molecule has 92 valence electrons. The molecule has 0 spiro atoms. The number of morpholine rings is 1. The summed E-state index contributed by atoms with van der Waals surface area (Å²) in [5.74, 6) is 0. The minimum absolute atomic E-state index is 0.226. The monoisotopic (exact) mass is 269 g/mol. The SMILES string of the molecule is C[C@H]1CN(C(=S)c2ccc(Cl)cc2)C[C@H](C)O1. The molecule has 1 aromatic rings. The van der Waals surface area contributed by atoms with Crippen LogP contribution in [0.2, 0.25) is 5.02 Å². The summed E-state index contributed by atoms with van der Waals surface area (Å²) in [5.41, 5.74) is 1.05. The average Bonchev–Trinajstić information content (AvgIpc) is 2.28. The van der Waals surface area contributed by atoms with Crippen LogP contribution in [0.5, 0.6) is 0 Å². The maximum atomic E-state index is 5.87. The Morgan fingerprint density at radius 1 is 1.24 bits per heavy atom. The van der Waals surface area contributed by atoms with Crippen LogP contribution in [0.25, 0.3) is 0 Å². The Morgan fingerprint density at radius 2 is 1.76 bits per heavy atom. The van der Waals surface area contributed by atoms with Crippen LogP contribution in [0.3, 0.4) is 0 Å². The second-order valence-corrected chi connectivity index (χ2v) is 5.30. The molecule has 1 aromatic carbocycles. The van der Waals surface area contributed by atoms with Crippen LogP contribution in [-0.2, 0) is 4.74 Å². The summed E-state index contributed by atoms with van der Waals surface area (Å²) in [4.78, 5) is 3.08. The number of halogens is 1. The fourth-order valence-corrected chi connectivity index (χ4v) is 2.53. The maximum absolute atomic E-state index is 5.87. The molecule has 0 aliphatic carbocycles. The highest BCUT2D eigenvalue weighted by Crippen LogP contribution is 2.17.